The van der Waals surface area contributed by atoms with E-state index < -0.39 is 12.6 Å². The highest BCUT2D eigenvalue weighted by atomic mass is 19.3. The van der Waals surface area contributed by atoms with E-state index in [2.05, 4.69) is 10.1 Å². The Hall–Kier alpha value is -2.47. The zero-order valence-corrected chi connectivity index (χ0v) is 13.7. The van der Waals surface area contributed by atoms with Crippen molar-refractivity contribution in [1.82, 2.24) is 5.32 Å². The number of alkyl halides is 2. The quantitative estimate of drug-likeness (QED) is 0.684. The minimum atomic E-state index is -2.88. The summed E-state index contributed by atoms with van der Waals surface area (Å²) < 4.78 is 29.5. The fourth-order valence-corrected chi connectivity index (χ4v) is 2.59. The highest BCUT2D eigenvalue weighted by molar-refractivity contribution is 5.66. The molecule has 6 heteroatoms. The van der Waals surface area contributed by atoms with E-state index in [4.69, 9.17) is 5.11 Å². The van der Waals surface area contributed by atoms with Gasteiger partial charge in [0.1, 0.15) is 5.75 Å². The Bertz CT molecular complexity index is 665. The summed E-state index contributed by atoms with van der Waals surface area (Å²) in [5.74, 6) is -0.733. The fourth-order valence-electron chi connectivity index (χ4n) is 2.59. The van der Waals surface area contributed by atoms with Gasteiger partial charge in [-0.1, -0.05) is 48.5 Å². The second-order valence-electron chi connectivity index (χ2n) is 5.69. The number of halogens is 2. The first-order valence-electron chi connectivity index (χ1n) is 8.06. The van der Waals surface area contributed by atoms with E-state index in [1.807, 2.05) is 30.3 Å². The van der Waals surface area contributed by atoms with E-state index in [9.17, 15) is 13.6 Å². The highest BCUT2D eigenvalue weighted by Crippen LogP contribution is 2.20. The van der Waals surface area contributed by atoms with Gasteiger partial charge in [-0.25, -0.2) is 0 Å². The molecule has 0 aliphatic heterocycles. The number of nitrogens with one attached hydrogen (secondary N) is 1. The van der Waals surface area contributed by atoms with Crippen LogP contribution in [0.2, 0.25) is 0 Å². The molecule has 134 valence electrons. The van der Waals surface area contributed by atoms with E-state index in [-0.39, 0.29) is 18.2 Å². The second-order valence-corrected chi connectivity index (χ2v) is 5.69. The van der Waals surface area contributed by atoms with Gasteiger partial charge in [0, 0.05) is 24.6 Å². The largest absolute Gasteiger partial charge is 0.481 e. The van der Waals surface area contributed by atoms with Gasteiger partial charge in [-0.3, -0.25) is 4.79 Å². The van der Waals surface area contributed by atoms with Crippen LogP contribution in [0.5, 0.6) is 5.75 Å². The Morgan fingerprint density at radius 3 is 2.44 bits per heavy atom. The van der Waals surface area contributed by atoms with Gasteiger partial charge < -0.3 is 15.2 Å². The van der Waals surface area contributed by atoms with Crippen molar-refractivity contribution in [2.75, 3.05) is 0 Å². The van der Waals surface area contributed by atoms with Gasteiger partial charge in [0.25, 0.3) is 0 Å². The lowest BCUT2D eigenvalue weighted by atomic mass is 10.0. The Kier molecular flexibility index (Phi) is 7.35. The number of hydrogen-bond acceptors (Lipinski definition) is 3. The lowest BCUT2D eigenvalue weighted by molar-refractivity contribution is -0.137. The number of ether oxygens (including phenoxy) is 1. The first-order chi connectivity index (χ1) is 12.0. The summed E-state index contributed by atoms with van der Waals surface area (Å²) in [6.07, 6.45) is 1.15. The molecule has 2 aromatic rings. The number of carboxylic acids is 1. The zero-order chi connectivity index (χ0) is 18.1. The van der Waals surface area contributed by atoms with Crippen molar-refractivity contribution in [1.29, 1.82) is 0 Å². The van der Waals surface area contributed by atoms with Gasteiger partial charge >= 0.3 is 12.6 Å². The molecule has 25 heavy (non-hydrogen) atoms. The predicted octanol–water partition coefficient (Wildman–Crippen LogP) is 3.85. The van der Waals surface area contributed by atoms with E-state index >= 15 is 0 Å². The van der Waals surface area contributed by atoms with Crippen molar-refractivity contribution in [3.05, 3.63) is 65.7 Å². The molecule has 0 saturated heterocycles. The lowest BCUT2D eigenvalue weighted by Crippen LogP contribution is -2.31. The van der Waals surface area contributed by atoms with Crippen molar-refractivity contribution < 1.29 is 23.4 Å². The van der Waals surface area contributed by atoms with Crippen LogP contribution in [0, 0.1) is 0 Å². The molecule has 0 heterocycles. The van der Waals surface area contributed by atoms with Crippen molar-refractivity contribution in [3.8, 4) is 5.75 Å². The molecule has 0 saturated carbocycles. The molecule has 0 aliphatic carbocycles. The third-order valence-corrected chi connectivity index (χ3v) is 3.80. The molecule has 1 atom stereocenters. The molecule has 0 aliphatic rings. The normalized spacial score (nSPS) is 12.1. The Morgan fingerprint density at radius 1 is 1.08 bits per heavy atom. The monoisotopic (exact) mass is 349 g/mol. The maximum Gasteiger partial charge on any atom is 0.387 e. The minimum absolute atomic E-state index is 0.0414. The van der Waals surface area contributed by atoms with Crippen LogP contribution in [0.1, 0.15) is 24.0 Å². The van der Waals surface area contributed by atoms with E-state index in [1.165, 1.54) is 6.07 Å². The van der Waals surface area contributed by atoms with Crippen LogP contribution in [-0.4, -0.2) is 23.7 Å². The number of benzene rings is 2. The average molecular weight is 349 g/mol. The topological polar surface area (TPSA) is 58.6 Å². The number of carbonyl (C=O) groups is 1. The number of carboxylic acid groups (broad SMARTS) is 1. The molecular weight excluding hydrogens is 328 g/mol. The standard InChI is InChI=1S/C19H21F2NO3/c20-19(21)25-17-9-5-4-8-15(17)13-22-16(10-11-18(23)24)12-14-6-2-1-3-7-14/h1-9,16,19,22H,10-13H2,(H,23,24). The first-order valence-corrected chi connectivity index (χ1v) is 8.06. The molecule has 0 radical (unpaired) electrons. The third-order valence-electron chi connectivity index (χ3n) is 3.80. The van der Waals surface area contributed by atoms with Crippen molar-refractivity contribution in [3.63, 3.8) is 0 Å². The summed E-state index contributed by atoms with van der Waals surface area (Å²) in [5.41, 5.74) is 1.69. The molecule has 0 amide bonds. The smallest absolute Gasteiger partial charge is 0.387 e. The summed E-state index contributed by atoms with van der Waals surface area (Å²) in [7, 11) is 0. The summed E-state index contributed by atoms with van der Waals surface area (Å²) in [6, 6.07) is 16.2. The summed E-state index contributed by atoms with van der Waals surface area (Å²) >= 11 is 0. The zero-order valence-electron chi connectivity index (χ0n) is 13.7. The van der Waals surface area contributed by atoms with Crippen LogP contribution >= 0.6 is 0 Å². The highest BCUT2D eigenvalue weighted by Gasteiger charge is 2.14. The predicted molar refractivity (Wildman–Crippen MR) is 90.7 cm³/mol. The van der Waals surface area contributed by atoms with Gasteiger partial charge in [0.05, 0.1) is 0 Å². The number of para-hydroxylation sites is 1. The van der Waals surface area contributed by atoms with Gasteiger partial charge in [-0.15, -0.1) is 0 Å². The molecule has 0 bridgehead atoms. The maximum atomic E-state index is 12.5. The summed E-state index contributed by atoms with van der Waals surface area (Å²) in [6.45, 7) is -2.56. The van der Waals surface area contributed by atoms with Gasteiger partial charge in [0.15, 0.2) is 0 Å². The maximum absolute atomic E-state index is 12.5. The van der Waals surface area contributed by atoms with Gasteiger partial charge in [-0.2, -0.15) is 8.78 Å². The molecule has 1 unspecified atom stereocenters. The molecule has 2 N–H and O–H groups in total. The molecule has 2 rings (SSSR count). The van der Waals surface area contributed by atoms with Crippen LogP contribution < -0.4 is 10.1 Å². The second kappa shape index (κ2) is 9.74. The molecular formula is C19H21F2NO3. The fraction of sp³-hybridized carbons (Fsp3) is 0.316. The van der Waals surface area contributed by atoms with Crippen LogP contribution in [0.4, 0.5) is 8.78 Å². The lowest BCUT2D eigenvalue weighted by Gasteiger charge is -2.19. The van der Waals surface area contributed by atoms with Crippen LogP contribution in [0.15, 0.2) is 54.6 Å². The number of hydrogen-bond donors (Lipinski definition) is 2. The van der Waals surface area contributed by atoms with Crippen molar-refractivity contribution in [2.24, 2.45) is 0 Å². The van der Waals surface area contributed by atoms with E-state index in [1.54, 1.807) is 18.2 Å². The Balaban J connectivity index is 2.02. The number of rotatable bonds is 10. The molecule has 0 spiro atoms. The first kappa shape index (κ1) is 18.9. The van der Waals surface area contributed by atoms with Crippen molar-refractivity contribution in [2.45, 2.75) is 38.5 Å². The Labute approximate surface area is 145 Å². The molecule has 2 aromatic carbocycles. The van der Waals surface area contributed by atoms with Gasteiger partial charge in [-0.05, 0) is 24.5 Å². The summed E-state index contributed by atoms with van der Waals surface area (Å²) in [5, 5.41) is 12.2. The number of aliphatic carboxylic acids is 1. The van der Waals surface area contributed by atoms with Crippen LogP contribution in [-0.2, 0) is 17.8 Å². The average Bonchev–Trinajstić information content (AvgIpc) is 2.59. The minimum Gasteiger partial charge on any atom is -0.481 e. The van der Waals surface area contributed by atoms with E-state index in [0.717, 1.165) is 5.56 Å². The van der Waals surface area contributed by atoms with Crippen LogP contribution in [0.3, 0.4) is 0 Å². The van der Waals surface area contributed by atoms with Crippen LogP contribution in [0.25, 0.3) is 0 Å². The van der Waals surface area contributed by atoms with Crippen molar-refractivity contribution >= 4 is 5.97 Å². The Morgan fingerprint density at radius 2 is 1.76 bits per heavy atom. The third kappa shape index (κ3) is 6.89. The van der Waals surface area contributed by atoms with E-state index in [0.29, 0.717) is 24.9 Å². The van der Waals surface area contributed by atoms with Gasteiger partial charge in [0.2, 0.25) is 0 Å². The SMILES string of the molecule is O=C(O)CCC(Cc1ccccc1)NCc1ccccc1OC(F)F. The molecule has 4 nitrogen and oxygen atoms in total. The summed E-state index contributed by atoms with van der Waals surface area (Å²) in [4.78, 5) is 10.9. The molecule has 0 aromatic heterocycles. The molecule has 0 fully saturated rings.